The maximum absolute atomic E-state index is 12.7. The molecule has 1 aromatic carbocycles. The fourth-order valence-corrected chi connectivity index (χ4v) is 1.57. The average Bonchev–Trinajstić information content (AvgIpc) is 2.17. The average molecular weight is 269 g/mol. The van der Waals surface area contributed by atoms with Gasteiger partial charge in [0.15, 0.2) is 0 Å². The Morgan fingerprint density at radius 3 is 2.47 bits per heavy atom. The van der Waals surface area contributed by atoms with Crippen LogP contribution in [0.1, 0.15) is 17.9 Å². The van der Waals surface area contributed by atoms with E-state index in [1.807, 2.05) is 0 Å². The van der Waals surface area contributed by atoms with E-state index in [-0.39, 0.29) is 5.02 Å². The molecule has 0 amide bonds. The summed E-state index contributed by atoms with van der Waals surface area (Å²) in [5.41, 5.74) is -0.535. The van der Waals surface area contributed by atoms with Crippen LogP contribution < -0.4 is 0 Å². The van der Waals surface area contributed by atoms with Crippen molar-refractivity contribution < 1.29 is 28.2 Å². The third kappa shape index (κ3) is 3.26. The van der Waals surface area contributed by atoms with Gasteiger partial charge in [-0.25, -0.2) is 0 Å². The molecule has 0 saturated heterocycles. The summed E-state index contributed by atoms with van der Waals surface area (Å²) in [5, 5.41) is 17.6. The minimum absolute atomic E-state index is 0.248. The number of hydrogen-bond acceptors (Lipinski definition) is 2. The Kier molecular flexibility index (Phi) is 3.87. The van der Waals surface area contributed by atoms with Gasteiger partial charge in [0.1, 0.15) is 5.75 Å². The second-order valence-corrected chi connectivity index (χ2v) is 3.78. The van der Waals surface area contributed by atoms with Crippen molar-refractivity contribution in [3.63, 3.8) is 0 Å². The Balaban J connectivity index is 3.22. The van der Waals surface area contributed by atoms with Gasteiger partial charge in [0, 0.05) is 5.56 Å². The van der Waals surface area contributed by atoms with Crippen LogP contribution in [0.15, 0.2) is 18.2 Å². The number of alkyl halides is 3. The van der Waals surface area contributed by atoms with Gasteiger partial charge < -0.3 is 10.2 Å². The molecule has 1 atom stereocenters. The molecule has 0 aromatic heterocycles. The minimum atomic E-state index is -4.76. The number of rotatable bonds is 3. The van der Waals surface area contributed by atoms with Gasteiger partial charge in [0.2, 0.25) is 0 Å². The van der Waals surface area contributed by atoms with E-state index in [2.05, 4.69) is 0 Å². The van der Waals surface area contributed by atoms with Crippen molar-refractivity contribution in [2.45, 2.75) is 18.5 Å². The second kappa shape index (κ2) is 4.83. The Bertz CT molecular complexity index is 431. The molecule has 0 saturated carbocycles. The van der Waals surface area contributed by atoms with E-state index in [1.165, 1.54) is 12.1 Å². The van der Waals surface area contributed by atoms with Gasteiger partial charge in [0.25, 0.3) is 0 Å². The first kappa shape index (κ1) is 13.6. The summed E-state index contributed by atoms with van der Waals surface area (Å²) < 4.78 is 38.0. The standard InChI is InChI=1S/C10H8ClF3O3/c11-7-3-1-2-5(9(7)17)6(4-8(15)16)10(12,13)14/h1-3,6,17H,4H2,(H,15,16). The van der Waals surface area contributed by atoms with E-state index in [0.717, 1.165) is 6.07 Å². The number of phenolic OH excluding ortho intramolecular Hbond substituents is 1. The van der Waals surface area contributed by atoms with Crippen molar-refractivity contribution in [1.82, 2.24) is 0 Å². The van der Waals surface area contributed by atoms with E-state index in [1.54, 1.807) is 0 Å². The van der Waals surface area contributed by atoms with Crippen LogP contribution >= 0.6 is 11.6 Å². The Labute approximate surface area is 99.4 Å². The molecule has 0 fully saturated rings. The first-order valence-corrected chi connectivity index (χ1v) is 4.87. The van der Waals surface area contributed by atoms with Gasteiger partial charge in [-0.3, -0.25) is 4.79 Å². The molecule has 1 aromatic rings. The Hall–Kier alpha value is -1.43. The van der Waals surface area contributed by atoms with Gasteiger partial charge in [0.05, 0.1) is 17.4 Å². The molecule has 1 rings (SSSR count). The lowest BCUT2D eigenvalue weighted by molar-refractivity contribution is -0.163. The third-order valence-corrected chi connectivity index (χ3v) is 2.47. The van der Waals surface area contributed by atoms with Crippen LogP contribution in [0.2, 0.25) is 5.02 Å². The van der Waals surface area contributed by atoms with Gasteiger partial charge in [-0.05, 0) is 6.07 Å². The zero-order chi connectivity index (χ0) is 13.2. The van der Waals surface area contributed by atoms with Crippen molar-refractivity contribution >= 4 is 17.6 Å². The number of carboxylic acid groups (broad SMARTS) is 1. The molecule has 0 bridgehead atoms. The molecule has 2 N–H and O–H groups in total. The lowest BCUT2D eigenvalue weighted by Gasteiger charge is -2.20. The summed E-state index contributed by atoms with van der Waals surface area (Å²) in [4.78, 5) is 10.4. The molecule has 0 spiro atoms. The number of halogens is 4. The van der Waals surface area contributed by atoms with Crippen LogP contribution in [0.3, 0.4) is 0 Å². The fraction of sp³-hybridized carbons (Fsp3) is 0.300. The maximum atomic E-state index is 12.7. The van der Waals surface area contributed by atoms with Crippen LogP contribution in [0, 0.1) is 0 Å². The summed E-state index contributed by atoms with van der Waals surface area (Å²) in [7, 11) is 0. The molecule has 17 heavy (non-hydrogen) atoms. The van der Waals surface area contributed by atoms with Crippen LogP contribution in [0.25, 0.3) is 0 Å². The number of aliphatic carboxylic acids is 1. The second-order valence-electron chi connectivity index (χ2n) is 3.37. The van der Waals surface area contributed by atoms with E-state index in [0.29, 0.717) is 0 Å². The molecular weight excluding hydrogens is 261 g/mol. The van der Waals surface area contributed by atoms with Crippen LogP contribution in [-0.2, 0) is 4.79 Å². The lowest BCUT2D eigenvalue weighted by Crippen LogP contribution is -2.23. The number of aromatic hydroxyl groups is 1. The van der Waals surface area contributed by atoms with E-state index in [4.69, 9.17) is 16.7 Å². The van der Waals surface area contributed by atoms with Gasteiger partial charge in [-0.1, -0.05) is 23.7 Å². The quantitative estimate of drug-likeness (QED) is 0.885. The first-order valence-electron chi connectivity index (χ1n) is 4.49. The number of carbonyl (C=O) groups is 1. The number of phenols is 1. The fourth-order valence-electron chi connectivity index (χ4n) is 1.39. The van der Waals surface area contributed by atoms with Gasteiger partial charge in [-0.2, -0.15) is 13.2 Å². The Morgan fingerprint density at radius 1 is 1.41 bits per heavy atom. The molecule has 0 aliphatic carbocycles. The van der Waals surface area contributed by atoms with Crippen molar-refractivity contribution in [3.8, 4) is 5.75 Å². The van der Waals surface area contributed by atoms with Crippen LogP contribution in [0.4, 0.5) is 13.2 Å². The number of benzene rings is 1. The molecule has 7 heteroatoms. The normalized spacial score (nSPS) is 13.4. The Morgan fingerprint density at radius 2 is 2.00 bits per heavy atom. The highest BCUT2D eigenvalue weighted by atomic mass is 35.5. The first-order chi connectivity index (χ1) is 7.73. The molecule has 3 nitrogen and oxygen atoms in total. The topological polar surface area (TPSA) is 57.5 Å². The molecule has 0 heterocycles. The molecule has 94 valence electrons. The highest BCUT2D eigenvalue weighted by Gasteiger charge is 2.43. The number of hydrogen-bond donors (Lipinski definition) is 2. The van der Waals surface area contributed by atoms with Crippen LogP contribution in [-0.4, -0.2) is 22.4 Å². The van der Waals surface area contributed by atoms with Crippen LogP contribution in [0.5, 0.6) is 5.75 Å². The van der Waals surface area contributed by atoms with Crippen molar-refractivity contribution in [2.75, 3.05) is 0 Å². The summed E-state index contributed by atoms with van der Waals surface area (Å²) in [6.45, 7) is 0. The SMILES string of the molecule is O=C(O)CC(c1cccc(Cl)c1O)C(F)(F)F. The summed E-state index contributed by atoms with van der Waals surface area (Å²) in [5.74, 6) is -4.62. The predicted molar refractivity (Wildman–Crippen MR) is 54.2 cm³/mol. The molecule has 0 aliphatic rings. The maximum Gasteiger partial charge on any atom is 0.396 e. The number of carboxylic acids is 1. The van der Waals surface area contributed by atoms with E-state index < -0.39 is 35.8 Å². The summed E-state index contributed by atoms with van der Waals surface area (Å²) >= 11 is 5.48. The smallest absolute Gasteiger partial charge is 0.396 e. The molecule has 0 radical (unpaired) electrons. The van der Waals surface area contributed by atoms with Gasteiger partial charge in [-0.15, -0.1) is 0 Å². The molecule has 1 unspecified atom stereocenters. The zero-order valence-electron chi connectivity index (χ0n) is 8.33. The highest BCUT2D eigenvalue weighted by molar-refractivity contribution is 6.32. The highest BCUT2D eigenvalue weighted by Crippen LogP contribution is 2.43. The summed E-state index contributed by atoms with van der Waals surface area (Å²) in [6.07, 6.45) is -5.92. The molecular formula is C10H8ClF3O3. The van der Waals surface area contributed by atoms with Gasteiger partial charge >= 0.3 is 12.1 Å². The lowest BCUT2D eigenvalue weighted by atomic mass is 9.94. The third-order valence-electron chi connectivity index (χ3n) is 2.17. The molecule has 0 aliphatic heterocycles. The monoisotopic (exact) mass is 268 g/mol. The van der Waals surface area contributed by atoms with E-state index >= 15 is 0 Å². The summed E-state index contributed by atoms with van der Waals surface area (Å²) in [6, 6.07) is 3.44. The van der Waals surface area contributed by atoms with Crippen molar-refractivity contribution in [3.05, 3.63) is 28.8 Å². The van der Waals surface area contributed by atoms with Crippen molar-refractivity contribution in [1.29, 1.82) is 0 Å². The minimum Gasteiger partial charge on any atom is -0.506 e. The zero-order valence-corrected chi connectivity index (χ0v) is 9.09. The predicted octanol–water partition coefficient (Wildman–Crippen LogP) is 3.17. The van der Waals surface area contributed by atoms with E-state index in [9.17, 15) is 23.1 Å². The number of para-hydroxylation sites is 1. The largest absolute Gasteiger partial charge is 0.506 e. The van der Waals surface area contributed by atoms with Crippen molar-refractivity contribution in [2.24, 2.45) is 0 Å².